The van der Waals surface area contributed by atoms with Crippen molar-refractivity contribution >= 4 is 23.2 Å². The fraction of sp³-hybridized carbons (Fsp3) is 0.227. The van der Waals surface area contributed by atoms with Crippen LogP contribution in [0.1, 0.15) is 26.3 Å². The van der Waals surface area contributed by atoms with Gasteiger partial charge in [0.15, 0.2) is 0 Å². The summed E-state index contributed by atoms with van der Waals surface area (Å²) in [6.45, 7) is 6.23. The number of aromatic nitrogens is 2. The Morgan fingerprint density at radius 1 is 1.00 bits per heavy atom. The molecule has 1 amide bonds. The van der Waals surface area contributed by atoms with E-state index in [-0.39, 0.29) is 23.4 Å². The topological polar surface area (TPSA) is 64.0 Å². The molecule has 0 atom stereocenters. The molecule has 28 heavy (non-hydrogen) atoms. The van der Waals surface area contributed by atoms with Gasteiger partial charge >= 0.3 is 0 Å². The highest BCUT2D eigenvalue weighted by Crippen LogP contribution is 2.23. The maximum absolute atomic E-state index is 12.4. The van der Waals surface area contributed by atoms with Gasteiger partial charge in [0.25, 0.3) is 5.56 Å². The predicted octanol–water partition coefficient (Wildman–Crippen LogP) is 4.50. The molecular formula is C22H22ClN3O2. The summed E-state index contributed by atoms with van der Waals surface area (Å²) in [7, 11) is 0. The van der Waals surface area contributed by atoms with Crippen LogP contribution in [0.5, 0.6) is 0 Å². The van der Waals surface area contributed by atoms with Gasteiger partial charge in [0, 0.05) is 22.3 Å². The smallest absolute Gasteiger partial charge is 0.267 e. The van der Waals surface area contributed by atoms with Gasteiger partial charge in [-0.15, -0.1) is 0 Å². The number of anilines is 1. The van der Waals surface area contributed by atoms with Crippen molar-refractivity contribution in [1.82, 2.24) is 9.78 Å². The minimum Gasteiger partial charge on any atom is -0.324 e. The Morgan fingerprint density at radius 3 is 2.25 bits per heavy atom. The lowest BCUT2D eigenvalue weighted by Gasteiger charge is -2.19. The number of carbonyl (C=O) groups excluding carboxylic acids is 1. The molecule has 3 aromatic rings. The van der Waals surface area contributed by atoms with Crippen LogP contribution in [0.15, 0.2) is 65.5 Å². The lowest BCUT2D eigenvalue weighted by molar-refractivity contribution is -0.117. The summed E-state index contributed by atoms with van der Waals surface area (Å²) in [5.41, 5.74) is 2.98. The molecular weight excluding hydrogens is 374 g/mol. The van der Waals surface area contributed by atoms with Crippen molar-refractivity contribution in [2.75, 3.05) is 5.32 Å². The third-order valence-electron chi connectivity index (χ3n) is 4.33. The van der Waals surface area contributed by atoms with Crippen molar-refractivity contribution in [2.45, 2.75) is 32.7 Å². The van der Waals surface area contributed by atoms with Crippen LogP contribution in [0.2, 0.25) is 5.02 Å². The first-order valence-corrected chi connectivity index (χ1v) is 9.35. The molecule has 144 valence electrons. The van der Waals surface area contributed by atoms with E-state index in [0.717, 1.165) is 10.2 Å². The zero-order chi connectivity index (χ0) is 20.3. The SMILES string of the molecule is CC(C)(C)c1ccc(NC(=O)Cn2nc(-c3ccc(Cl)cc3)ccc2=O)cc1. The summed E-state index contributed by atoms with van der Waals surface area (Å²) in [5.74, 6) is -0.314. The molecule has 0 bridgehead atoms. The predicted molar refractivity (Wildman–Crippen MR) is 113 cm³/mol. The third-order valence-corrected chi connectivity index (χ3v) is 4.59. The van der Waals surface area contributed by atoms with Crippen LogP contribution in [-0.4, -0.2) is 15.7 Å². The van der Waals surface area contributed by atoms with Gasteiger partial charge in [-0.2, -0.15) is 5.10 Å². The van der Waals surface area contributed by atoms with Crippen LogP contribution in [-0.2, 0) is 16.8 Å². The van der Waals surface area contributed by atoms with Crippen LogP contribution in [0, 0.1) is 0 Å². The molecule has 1 aromatic heterocycles. The molecule has 1 N–H and O–H groups in total. The molecule has 0 aliphatic rings. The first-order chi connectivity index (χ1) is 13.2. The van der Waals surface area contributed by atoms with Crippen LogP contribution in [0.3, 0.4) is 0 Å². The number of carbonyl (C=O) groups is 1. The van der Waals surface area contributed by atoms with E-state index < -0.39 is 0 Å². The van der Waals surface area contributed by atoms with Crippen molar-refractivity contribution in [2.24, 2.45) is 0 Å². The highest BCUT2D eigenvalue weighted by atomic mass is 35.5. The first-order valence-electron chi connectivity index (χ1n) is 8.97. The van der Waals surface area contributed by atoms with Crippen LogP contribution >= 0.6 is 11.6 Å². The zero-order valence-corrected chi connectivity index (χ0v) is 16.8. The van der Waals surface area contributed by atoms with Crippen LogP contribution < -0.4 is 10.9 Å². The summed E-state index contributed by atoms with van der Waals surface area (Å²) in [6.07, 6.45) is 0. The zero-order valence-electron chi connectivity index (χ0n) is 16.1. The molecule has 0 saturated carbocycles. The Labute approximate surface area is 169 Å². The minimum absolute atomic E-state index is 0.0435. The summed E-state index contributed by atoms with van der Waals surface area (Å²) in [5, 5.41) is 7.73. The standard InChI is InChI=1S/C22H22ClN3O2/c1-22(2,3)16-6-10-18(11-7-16)24-20(27)14-26-21(28)13-12-19(25-26)15-4-8-17(23)9-5-15/h4-13H,14H2,1-3H3,(H,24,27). The Balaban J connectivity index is 1.74. The van der Waals surface area contributed by atoms with Gasteiger partial charge in [-0.1, -0.05) is 56.6 Å². The fourth-order valence-corrected chi connectivity index (χ4v) is 2.85. The molecule has 0 radical (unpaired) electrons. The molecule has 3 rings (SSSR count). The van der Waals surface area contributed by atoms with E-state index in [1.807, 2.05) is 36.4 Å². The van der Waals surface area contributed by atoms with Crippen molar-refractivity contribution in [1.29, 1.82) is 0 Å². The van der Waals surface area contributed by atoms with Crippen molar-refractivity contribution in [3.05, 3.63) is 81.6 Å². The molecule has 1 heterocycles. The van der Waals surface area contributed by atoms with E-state index in [1.54, 1.807) is 18.2 Å². The van der Waals surface area contributed by atoms with E-state index in [1.165, 1.54) is 11.6 Å². The van der Waals surface area contributed by atoms with Crippen LogP contribution in [0.4, 0.5) is 5.69 Å². The van der Waals surface area contributed by atoms with Gasteiger partial charge in [-0.05, 0) is 41.3 Å². The molecule has 0 aliphatic heterocycles. The number of benzene rings is 2. The Kier molecular flexibility index (Phi) is 5.66. The van der Waals surface area contributed by atoms with E-state index in [2.05, 4.69) is 31.2 Å². The van der Waals surface area contributed by atoms with Gasteiger partial charge in [0.1, 0.15) is 6.54 Å². The highest BCUT2D eigenvalue weighted by Gasteiger charge is 2.13. The van der Waals surface area contributed by atoms with Crippen molar-refractivity contribution in [3.8, 4) is 11.3 Å². The van der Waals surface area contributed by atoms with Gasteiger partial charge < -0.3 is 5.32 Å². The fourth-order valence-electron chi connectivity index (χ4n) is 2.73. The second kappa shape index (κ2) is 7.98. The number of halogens is 1. The van der Waals surface area contributed by atoms with Gasteiger partial charge in [-0.3, -0.25) is 9.59 Å². The number of amides is 1. The van der Waals surface area contributed by atoms with E-state index in [4.69, 9.17) is 11.6 Å². The van der Waals surface area contributed by atoms with Gasteiger partial charge in [0.2, 0.25) is 5.91 Å². The molecule has 0 unspecified atom stereocenters. The largest absolute Gasteiger partial charge is 0.324 e. The number of nitrogens with zero attached hydrogens (tertiary/aromatic N) is 2. The molecule has 5 nitrogen and oxygen atoms in total. The van der Waals surface area contributed by atoms with E-state index >= 15 is 0 Å². The Bertz CT molecular complexity index is 1030. The second-order valence-corrected chi connectivity index (χ2v) is 8.03. The molecule has 0 spiro atoms. The minimum atomic E-state index is -0.337. The summed E-state index contributed by atoms with van der Waals surface area (Å²) in [6, 6.07) is 17.9. The normalized spacial score (nSPS) is 11.3. The molecule has 6 heteroatoms. The Morgan fingerprint density at radius 2 is 1.64 bits per heavy atom. The van der Waals surface area contributed by atoms with Crippen molar-refractivity contribution in [3.63, 3.8) is 0 Å². The van der Waals surface area contributed by atoms with E-state index in [0.29, 0.717) is 16.4 Å². The maximum Gasteiger partial charge on any atom is 0.267 e. The van der Waals surface area contributed by atoms with Crippen molar-refractivity contribution < 1.29 is 4.79 Å². The number of nitrogens with one attached hydrogen (secondary N) is 1. The average molecular weight is 396 g/mol. The van der Waals surface area contributed by atoms with Gasteiger partial charge in [0.05, 0.1) is 5.69 Å². The molecule has 0 fully saturated rings. The summed E-state index contributed by atoms with van der Waals surface area (Å²) < 4.78 is 1.16. The Hall–Kier alpha value is -2.92. The summed E-state index contributed by atoms with van der Waals surface area (Å²) in [4.78, 5) is 24.5. The third kappa shape index (κ3) is 4.87. The monoisotopic (exact) mass is 395 g/mol. The lowest BCUT2D eigenvalue weighted by Crippen LogP contribution is -2.29. The van der Waals surface area contributed by atoms with Crippen LogP contribution in [0.25, 0.3) is 11.3 Å². The maximum atomic E-state index is 12.4. The second-order valence-electron chi connectivity index (χ2n) is 7.60. The van der Waals surface area contributed by atoms with Gasteiger partial charge in [-0.25, -0.2) is 4.68 Å². The lowest BCUT2D eigenvalue weighted by atomic mass is 9.87. The average Bonchev–Trinajstić information content (AvgIpc) is 2.64. The molecule has 0 saturated heterocycles. The first kappa shape index (κ1) is 19.8. The molecule has 2 aromatic carbocycles. The highest BCUT2D eigenvalue weighted by molar-refractivity contribution is 6.30. The quantitative estimate of drug-likeness (QED) is 0.707. The molecule has 0 aliphatic carbocycles. The number of rotatable bonds is 4. The number of hydrogen-bond acceptors (Lipinski definition) is 3. The number of hydrogen-bond donors (Lipinski definition) is 1. The van der Waals surface area contributed by atoms with E-state index in [9.17, 15) is 9.59 Å². The summed E-state index contributed by atoms with van der Waals surface area (Å²) >= 11 is 5.91.